The number of anilines is 1. The maximum atomic E-state index is 12.5. The van der Waals surface area contributed by atoms with E-state index in [2.05, 4.69) is 10.6 Å². The third kappa shape index (κ3) is 5.72. The van der Waals surface area contributed by atoms with Crippen molar-refractivity contribution in [3.05, 3.63) is 29.8 Å². The van der Waals surface area contributed by atoms with Crippen molar-refractivity contribution in [3.63, 3.8) is 0 Å². The molecule has 5 nitrogen and oxygen atoms in total. The largest absolute Gasteiger partial charge is 0.339 e. The summed E-state index contributed by atoms with van der Waals surface area (Å²) < 4.78 is 0. The Balaban J connectivity index is 0.00000225. The molecule has 138 valence electrons. The molecule has 1 atom stereocenters. The highest BCUT2D eigenvalue weighted by atomic mass is 35.5. The van der Waals surface area contributed by atoms with Crippen LogP contribution in [-0.2, 0) is 4.79 Å². The third-order valence-corrected chi connectivity index (χ3v) is 4.98. The van der Waals surface area contributed by atoms with E-state index in [0.29, 0.717) is 23.6 Å². The Bertz CT molecular complexity index is 582. The van der Waals surface area contributed by atoms with E-state index >= 15 is 0 Å². The second-order valence-electron chi connectivity index (χ2n) is 6.88. The second kappa shape index (κ2) is 9.78. The van der Waals surface area contributed by atoms with Crippen LogP contribution >= 0.6 is 12.4 Å². The standard InChI is InChI=1S/C19H27N3O2.ClH/c23-18(8-7-15-9-10-20-14-15)21-17-6-4-5-16(13-17)19(24)22-11-2-1-3-12-22;/h4-6,13,15,20H,1-3,7-12,14H2,(H,21,23);1H. The summed E-state index contributed by atoms with van der Waals surface area (Å²) in [6.45, 7) is 3.76. The molecule has 0 aliphatic carbocycles. The van der Waals surface area contributed by atoms with Gasteiger partial charge in [0.15, 0.2) is 0 Å². The molecule has 2 fully saturated rings. The smallest absolute Gasteiger partial charge is 0.253 e. The predicted molar refractivity (Wildman–Crippen MR) is 102 cm³/mol. The number of amides is 2. The number of nitrogens with one attached hydrogen (secondary N) is 2. The summed E-state index contributed by atoms with van der Waals surface area (Å²) in [5.74, 6) is 0.718. The van der Waals surface area contributed by atoms with Crippen LogP contribution in [0.25, 0.3) is 0 Å². The van der Waals surface area contributed by atoms with E-state index in [1.807, 2.05) is 23.1 Å². The normalized spacial score (nSPS) is 20.0. The number of hydrogen-bond donors (Lipinski definition) is 2. The lowest BCUT2D eigenvalue weighted by Gasteiger charge is -2.26. The lowest BCUT2D eigenvalue weighted by molar-refractivity contribution is -0.116. The van der Waals surface area contributed by atoms with E-state index in [0.717, 1.165) is 51.9 Å². The highest BCUT2D eigenvalue weighted by molar-refractivity contribution is 5.97. The van der Waals surface area contributed by atoms with Gasteiger partial charge in [0.2, 0.25) is 5.91 Å². The van der Waals surface area contributed by atoms with Gasteiger partial charge in [0.1, 0.15) is 0 Å². The third-order valence-electron chi connectivity index (χ3n) is 4.98. The molecule has 1 aromatic carbocycles. The molecule has 6 heteroatoms. The number of likely N-dealkylation sites (tertiary alicyclic amines) is 1. The first-order valence-corrected chi connectivity index (χ1v) is 9.12. The summed E-state index contributed by atoms with van der Waals surface area (Å²) in [4.78, 5) is 26.6. The Kier molecular flexibility index (Phi) is 7.72. The van der Waals surface area contributed by atoms with Crippen molar-refractivity contribution < 1.29 is 9.59 Å². The molecule has 0 radical (unpaired) electrons. The van der Waals surface area contributed by atoms with Crippen molar-refractivity contribution in [2.75, 3.05) is 31.5 Å². The second-order valence-corrected chi connectivity index (χ2v) is 6.88. The van der Waals surface area contributed by atoms with E-state index in [9.17, 15) is 9.59 Å². The fourth-order valence-corrected chi connectivity index (χ4v) is 3.53. The van der Waals surface area contributed by atoms with E-state index in [-0.39, 0.29) is 24.2 Å². The van der Waals surface area contributed by atoms with Gasteiger partial charge in [-0.05, 0) is 69.3 Å². The van der Waals surface area contributed by atoms with Crippen molar-refractivity contribution in [1.29, 1.82) is 0 Å². The molecule has 0 bridgehead atoms. The minimum Gasteiger partial charge on any atom is -0.339 e. The van der Waals surface area contributed by atoms with Gasteiger partial charge in [-0.2, -0.15) is 0 Å². The van der Waals surface area contributed by atoms with Crippen molar-refractivity contribution >= 4 is 29.9 Å². The van der Waals surface area contributed by atoms with Gasteiger partial charge >= 0.3 is 0 Å². The molecule has 1 aromatic rings. The average Bonchev–Trinajstić information content (AvgIpc) is 3.14. The Morgan fingerprint density at radius 3 is 2.72 bits per heavy atom. The summed E-state index contributed by atoms with van der Waals surface area (Å²) in [5, 5.41) is 6.26. The first-order chi connectivity index (χ1) is 11.7. The van der Waals surface area contributed by atoms with Crippen LogP contribution < -0.4 is 10.6 Å². The Morgan fingerprint density at radius 1 is 1.20 bits per heavy atom. The van der Waals surface area contributed by atoms with Gasteiger partial charge in [0.25, 0.3) is 5.91 Å². The number of halogens is 1. The number of hydrogen-bond acceptors (Lipinski definition) is 3. The van der Waals surface area contributed by atoms with Crippen molar-refractivity contribution in [1.82, 2.24) is 10.2 Å². The molecule has 25 heavy (non-hydrogen) atoms. The summed E-state index contributed by atoms with van der Waals surface area (Å²) >= 11 is 0. The van der Waals surface area contributed by atoms with Crippen LogP contribution in [0.3, 0.4) is 0 Å². The zero-order valence-electron chi connectivity index (χ0n) is 14.6. The van der Waals surface area contributed by atoms with Crippen LogP contribution in [-0.4, -0.2) is 42.9 Å². The summed E-state index contributed by atoms with van der Waals surface area (Å²) in [7, 11) is 0. The molecule has 2 N–H and O–H groups in total. The molecule has 1 unspecified atom stereocenters. The zero-order chi connectivity index (χ0) is 16.8. The van der Waals surface area contributed by atoms with Crippen LogP contribution in [0.5, 0.6) is 0 Å². The highest BCUT2D eigenvalue weighted by Crippen LogP contribution is 2.18. The Morgan fingerprint density at radius 2 is 2.00 bits per heavy atom. The maximum Gasteiger partial charge on any atom is 0.253 e. The van der Waals surface area contributed by atoms with Crippen LogP contribution in [0.4, 0.5) is 5.69 Å². The fraction of sp³-hybridized carbons (Fsp3) is 0.579. The maximum absolute atomic E-state index is 12.5. The first-order valence-electron chi connectivity index (χ1n) is 9.12. The number of carbonyl (C=O) groups excluding carboxylic acids is 2. The topological polar surface area (TPSA) is 61.4 Å². The SMILES string of the molecule is Cl.O=C(CCC1CCNC1)Nc1cccc(C(=O)N2CCCCC2)c1. The monoisotopic (exact) mass is 365 g/mol. The minimum atomic E-state index is 0. The quantitative estimate of drug-likeness (QED) is 0.843. The summed E-state index contributed by atoms with van der Waals surface area (Å²) in [6, 6.07) is 7.32. The number of piperidine rings is 1. The lowest BCUT2D eigenvalue weighted by atomic mass is 10.0. The molecule has 2 heterocycles. The van der Waals surface area contributed by atoms with Crippen LogP contribution in [0.15, 0.2) is 24.3 Å². The molecule has 0 spiro atoms. The van der Waals surface area contributed by atoms with Gasteiger partial charge in [-0.1, -0.05) is 6.07 Å². The summed E-state index contributed by atoms with van der Waals surface area (Å²) in [6.07, 6.45) is 5.99. The van der Waals surface area contributed by atoms with E-state index in [4.69, 9.17) is 0 Å². The lowest BCUT2D eigenvalue weighted by Crippen LogP contribution is -2.35. The molecule has 2 amide bonds. The van der Waals surface area contributed by atoms with Crippen LogP contribution in [0, 0.1) is 5.92 Å². The van der Waals surface area contributed by atoms with Crippen LogP contribution in [0.2, 0.25) is 0 Å². The van der Waals surface area contributed by atoms with Gasteiger partial charge in [0.05, 0.1) is 0 Å². The van der Waals surface area contributed by atoms with E-state index in [1.165, 1.54) is 6.42 Å². The van der Waals surface area contributed by atoms with Crippen LogP contribution in [0.1, 0.15) is 48.9 Å². The molecule has 3 rings (SSSR count). The van der Waals surface area contributed by atoms with Crippen molar-refractivity contribution in [3.8, 4) is 0 Å². The molecular weight excluding hydrogens is 338 g/mol. The van der Waals surface area contributed by atoms with Gasteiger partial charge in [-0.3, -0.25) is 9.59 Å². The van der Waals surface area contributed by atoms with Gasteiger partial charge in [-0.15, -0.1) is 12.4 Å². The van der Waals surface area contributed by atoms with Crippen molar-refractivity contribution in [2.24, 2.45) is 5.92 Å². The van der Waals surface area contributed by atoms with E-state index < -0.39 is 0 Å². The van der Waals surface area contributed by atoms with Crippen molar-refractivity contribution in [2.45, 2.75) is 38.5 Å². The predicted octanol–water partition coefficient (Wildman–Crippen LogP) is 3.06. The van der Waals surface area contributed by atoms with Gasteiger partial charge in [-0.25, -0.2) is 0 Å². The fourth-order valence-electron chi connectivity index (χ4n) is 3.53. The first kappa shape index (κ1) is 19.7. The van der Waals surface area contributed by atoms with Gasteiger partial charge in [0, 0.05) is 30.8 Å². The molecule has 2 aliphatic heterocycles. The van der Waals surface area contributed by atoms with E-state index in [1.54, 1.807) is 6.07 Å². The molecule has 2 aliphatic rings. The number of benzene rings is 1. The molecular formula is C19H28ClN3O2. The number of rotatable bonds is 5. The van der Waals surface area contributed by atoms with Gasteiger partial charge < -0.3 is 15.5 Å². The number of carbonyl (C=O) groups is 2. The Hall–Kier alpha value is -1.59. The molecule has 2 saturated heterocycles. The molecule has 0 saturated carbocycles. The number of nitrogens with zero attached hydrogens (tertiary/aromatic N) is 1. The molecule has 0 aromatic heterocycles. The Labute approximate surface area is 155 Å². The highest BCUT2D eigenvalue weighted by Gasteiger charge is 2.19. The zero-order valence-corrected chi connectivity index (χ0v) is 15.4. The summed E-state index contributed by atoms with van der Waals surface area (Å²) in [5.41, 5.74) is 1.38. The minimum absolute atomic E-state index is 0. The average molecular weight is 366 g/mol.